The first-order valence-electron chi connectivity index (χ1n) is 6.23. The number of benzene rings is 1. The molecule has 0 spiro atoms. The van der Waals surface area contributed by atoms with E-state index in [1.54, 1.807) is 6.07 Å². The van der Waals surface area contributed by atoms with Crippen LogP contribution < -0.4 is 10.1 Å². The Morgan fingerprint density at radius 2 is 2.11 bits per heavy atom. The molecule has 102 valence electrons. The van der Waals surface area contributed by atoms with Crippen molar-refractivity contribution in [2.75, 3.05) is 19.7 Å². The van der Waals surface area contributed by atoms with Crippen LogP contribution in [0, 0.1) is 11.2 Å². The van der Waals surface area contributed by atoms with E-state index in [4.69, 9.17) is 16.3 Å². The summed E-state index contributed by atoms with van der Waals surface area (Å²) in [4.78, 5) is 0. The lowest BCUT2D eigenvalue weighted by atomic mass is 9.95. The molecular formula is C14H21ClFNO. The van der Waals surface area contributed by atoms with Crippen LogP contribution in [0.1, 0.15) is 27.2 Å². The molecule has 18 heavy (non-hydrogen) atoms. The number of rotatable bonds is 7. The maximum Gasteiger partial charge on any atom is 0.142 e. The summed E-state index contributed by atoms with van der Waals surface area (Å²) in [5.41, 5.74) is 0.0238. The highest BCUT2D eigenvalue weighted by Gasteiger charge is 2.18. The van der Waals surface area contributed by atoms with Gasteiger partial charge >= 0.3 is 0 Å². The van der Waals surface area contributed by atoms with Gasteiger partial charge in [-0.25, -0.2) is 4.39 Å². The number of ether oxygens (including phenoxy) is 1. The number of halogens is 2. The first-order valence-corrected chi connectivity index (χ1v) is 6.61. The number of hydrogen-bond donors (Lipinski definition) is 1. The molecule has 1 aromatic rings. The minimum atomic E-state index is -0.423. The Kier molecular flexibility index (Phi) is 5.89. The Balaban J connectivity index is 2.45. The van der Waals surface area contributed by atoms with Gasteiger partial charge in [0.2, 0.25) is 0 Å². The number of hydrogen-bond acceptors (Lipinski definition) is 2. The van der Waals surface area contributed by atoms with Crippen molar-refractivity contribution >= 4 is 11.6 Å². The third kappa shape index (κ3) is 5.23. The summed E-state index contributed by atoms with van der Waals surface area (Å²) < 4.78 is 18.6. The Bertz CT molecular complexity index is 382. The van der Waals surface area contributed by atoms with Crippen LogP contribution in [0.2, 0.25) is 5.02 Å². The summed E-state index contributed by atoms with van der Waals surface area (Å²) in [5.74, 6) is 0.179. The predicted octanol–water partition coefficient (Wildman–Crippen LogP) is 3.88. The zero-order chi connectivity index (χ0) is 13.6. The Morgan fingerprint density at radius 1 is 1.39 bits per heavy atom. The van der Waals surface area contributed by atoms with E-state index < -0.39 is 5.82 Å². The molecule has 0 aromatic heterocycles. The second kappa shape index (κ2) is 6.95. The van der Waals surface area contributed by atoms with E-state index >= 15 is 0 Å². The molecule has 1 N–H and O–H groups in total. The standard InChI is InChI=1S/C14H21ClFNO/c1-4-7-17-9-14(2,3)10-18-11-5-6-13(16)12(15)8-11/h5-6,8,17H,4,7,9-10H2,1-3H3. The van der Waals surface area contributed by atoms with E-state index in [2.05, 4.69) is 26.1 Å². The fourth-order valence-corrected chi connectivity index (χ4v) is 1.67. The highest BCUT2D eigenvalue weighted by molar-refractivity contribution is 6.30. The third-order valence-corrected chi connectivity index (χ3v) is 2.84. The molecule has 0 bridgehead atoms. The molecule has 0 saturated carbocycles. The van der Waals surface area contributed by atoms with Crippen LogP contribution in [0.5, 0.6) is 5.75 Å². The minimum Gasteiger partial charge on any atom is -0.493 e. The van der Waals surface area contributed by atoms with Crippen LogP contribution >= 0.6 is 11.6 Å². The molecule has 0 amide bonds. The maximum absolute atomic E-state index is 13.0. The minimum absolute atomic E-state index is 0.0238. The molecule has 0 aliphatic heterocycles. The molecule has 0 aliphatic carbocycles. The lowest BCUT2D eigenvalue weighted by Gasteiger charge is -2.25. The van der Waals surface area contributed by atoms with Gasteiger partial charge in [0.05, 0.1) is 11.6 Å². The zero-order valence-electron chi connectivity index (χ0n) is 11.2. The van der Waals surface area contributed by atoms with Gasteiger partial charge in [0.1, 0.15) is 11.6 Å². The second-order valence-corrected chi connectivity index (χ2v) is 5.61. The molecule has 0 fully saturated rings. The van der Waals surface area contributed by atoms with Crippen LogP contribution in [0.15, 0.2) is 18.2 Å². The SMILES string of the molecule is CCCNCC(C)(C)COc1ccc(F)c(Cl)c1. The Hall–Kier alpha value is -0.800. The fourth-order valence-electron chi connectivity index (χ4n) is 1.50. The maximum atomic E-state index is 13.0. The summed E-state index contributed by atoms with van der Waals surface area (Å²) in [6, 6.07) is 4.42. The van der Waals surface area contributed by atoms with Crippen LogP contribution in [0.4, 0.5) is 4.39 Å². The molecule has 1 aromatic carbocycles. The van der Waals surface area contributed by atoms with Crippen molar-refractivity contribution in [3.63, 3.8) is 0 Å². The first-order chi connectivity index (χ1) is 8.44. The van der Waals surface area contributed by atoms with E-state index in [0.29, 0.717) is 12.4 Å². The highest BCUT2D eigenvalue weighted by atomic mass is 35.5. The molecule has 0 radical (unpaired) electrons. The van der Waals surface area contributed by atoms with Crippen molar-refractivity contribution in [3.8, 4) is 5.75 Å². The van der Waals surface area contributed by atoms with Crippen molar-refractivity contribution in [3.05, 3.63) is 29.0 Å². The molecule has 0 atom stereocenters. The third-order valence-electron chi connectivity index (χ3n) is 2.55. The fraction of sp³-hybridized carbons (Fsp3) is 0.571. The van der Waals surface area contributed by atoms with Gasteiger partial charge in [0.15, 0.2) is 0 Å². The molecule has 0 unspecified atom stereocenters. The van der Waals surface area contributed by atoms with Gasteiger partial charge in [-0.1, -0.05) is 32.4 Å². The average Bonchev–Trinajstić information content (AvgIpc) is 2.31. The normalized spacial score (nSPS) is 11.6. The van der Waals surface area contributed by atoms with Gasteiger partial charge < -0.3 is 10.1 Å². The monoisotopic (exact) mass is 273 g/mol. The van der Waals surface area contributed by atoms with E-state index in [1.807, 2.05) is 0 Å². The van der Waals surface area contributed by atoms with E-state index in [1.165, 1.54) is 12.1 Å². The summed E-state index contributed by atoms with van der Waals surface area (Å²) in [5, 5.41) is 3.46. The van der Waals surface area contributed by atoms with Crippen LogP contribution in [-0.4, -0.2) is 19.7 Å². The van der Waals surface area contributed by atoms with Crippen LogP contribution in [0.25, 0.3) is 0 Å². The second-order valence-electron chi connectivity index (χ2n) is 5.21. The van der Waals surface area contributed by atoms with Crippen molar-refractivity contribution in [1.29, 1.82) is 0 Å². The van der Waals surface area contributed by atoms with E-state index in [-0.39, 0.29) is 10.4 Å². The van der Waals surface area contributed by atoms with Crippen molar-refractivity contribution < 1.29 is 9.13 Å². The summed E-state index contributed by atoms with van der Waals surface area (Å²) >= 11 is 5.70. The Labute approximate surface area is 113 Å². The quantitative estimate of drug-likeness (QED) is 0.761. The van der Waals surface area contributed by atoms with Gasteiger partial charge in [0, 0.05) is 18.0 Å². The van der Waals surface area contributed by atoms with Crippen molar-refractivity contribution in [2.45, 2.75) is 27.2 Å². The smallest absolute Gasteiger partial charge is 0.142 e. The average molecular weight is 274 g/mol. The van der Waals surface area contributed by atoms with Crippen LogP contribution in [-0.2, 0) is 0 Å². The number of nitrogens with one attached hydrogen (secondary N) is 1. The lowest BCUT2D eigenvalue weighted by molar-refractivity contribution is 0.176. The molecule has 0 saturated heterocycles. The molecule has 0 heterocycles. The van der Waals surface area contributed by atoms with Crippen LogP contribution in [0.3, 0.4) is 0 Å². The van der Waals surface area contributed by atoms with E-state index in [0.717, 1.165) is 19.5 Å². The first kappa shape index (κ1) is 15.3. The molecule has 2 nitrogen and oxygen atoms in total. The van der Waals surface area contributed by atoms with Gasteiger partial charge in [0.25, 0.3) is 0 Å². The summed E-state index contributed by atoms with van der Waals surface area (Å²) in [6.07, 6.45) is 1.12. The van der Waals surface area contributed by atoms with Gasteiger partial charge in [-0.2, -0.15) is 0 Å². The predicted molar refractivity (Wildman–Crippen MR) is 73.8 cm³/mol. The molecule has 1 rings (SSSR count). The van der Waals surface area contributed by atoms with E-state index in [9.17, 15) is 4.39 Å². The molecular weight excluding hydrogens is 253 g/mol. The Morgan fingerprint density at radius 3 is 2.72 bits per heavy atom. The largest absolute Gasteiger partial charge is 0.493 e. The molecule has 4 heteroatoms. The zero-order valence-corrected chi connectivity index (χ0v) is 12.0. The van der Waals surface area contributed by atoms with Gasteiger partial charge in [-0.15, -0.1) is 0 Å². The van der Waals surface area contributed by atoms with Crippen molar-refractivity contribution in [2.24, 2.45) is 5.41 Å². The highest BCUT2D eigenvalue weighted by Crippen LogP contribution is 2.23. The summed E-state index contributed by atoms with van der Waals surface area (Å²) in [6.45, 7) is 8.84. The summed E-state index contributed by atoms with van der Waals surface area (Å²) in [7, 11) is 0. The van der Waals surface area contributed by atoms with Gasteiger partial charge in [-0.3, -0.25) is 0 Å². The van der Waals surface area contributed by atoms with Gasteiger partial charge in [-0.05, 0) is 25.1 Å². The van der Waals surface area contributed by atoms with Crippen molar-refractivity contribution in [1.82, 2.24) is 5.32 Å². The lowest BCUT2D eigenvalue weighted by Crippen LogP contribution is -2.34. The topological polar surface area (TPSA) is 21.3 Å². The molecule has 0 aliphatic rings.